The number of hydrogen-bond donors (Lipinski definition) is 2. The van der Waals surface area contributed by atoms with Crippen molar-refractivity contribution in [2.45, 2.75) is 12.8 Å². The number of nitrogens with zero attached hydrogens (tertiary/aromatic N) is 2. The Morgan fingerprint density at radius 2 is 1.46 bits per heavy atom. The van der Waals surface area contributed by atoms with Crippen LogP contribution in [0, 0.1) is 0 Å². The summed E-state index contributed by atoms with van der Waals surface area (Å²) in [7, 11) is 1.68. The number of H-pyrrole nitrogens is 2. The van der Waals surface area contributed by atoms with Crippen LogP contribution >= 0.6 is 0 Å². The second kappa shape index (κ2) is 5.88. The molecule has 2 aliphatic heterocycles. The van der Waals surface area contributed by atoms with Gasteiger partial charge in [0.15, 0.2) is 0 Å². The molecule has 2 N–H and O–H groups in total. The van der Waals surface area contributed by atoms with Crippen molar-refractivity contribution in [1.29, 1.82) is 0 Å². The maximum absolute atomic E-state index is 5.51. The number of aromatic nitrogens is 4. The van der Waals surface area contributed by atoms with Crippen LogP contribution in [0.2, 0.25) is 0 Å². The molecule has 0 aromatic carbocycles. The monoisotopic (exact) mass is 342 g/mol. The maximum atomic E-state index is 5.51. The Bertz CT molecular complexity index is 1180. The van der Waals surface area contributed by atoms with Crippen LogP contribution in [0.25, 0.3) is 34.2 Å². The average Bonchev–Trinajstić information content (AvgIpc) is 3.39. The maximum Gasteiger partial charge on any atom is 0.144 e. The molecule has 0 radical (unpaired) electrons. The second-order valence-corrected chi connectivity index (χ2v) is 6.54. The first kappa shape index (κ1) is 15.0. The van der Waals surface area contributed by atoms with E-state index in [-0.39, 0.29) is 0 Å². The zero-order valence-electron chi connectivity index (χ0n) is 14.4. The highest BCUT2D eigenvalue weighted by molar-refractivity contribution is 5.77. The number of methoxy groups -OCH3 is 1. The topological polar surface area (TPSA) is 66.6 Å². The molecule has 5 heteroatoms. The fourth-order valence-electron chi connectivity index (χ4n) is 3.41. The quantitative estimate of drug-likeness (QED) is 0.542. The molecule has 3 aromatic rings. The van der Waals surface area contributed by atoms with Crippen molar-refractivity contribution >= 4 is 34.2 Å². The van der Waals surface area contributed by atoms with E-state index >= 15 is 0 Å². The average molecular weight is 342 g/mol. The van der Waals surface area contributed by atoms with E-state index in [0.29, 0.717) is 0 Å². The van der Waals surface area contributed by atoms with Gasteiger partial charge in [0.2, 0.25) is 0 Å². The fraction of sp³-hybridized carbons (Fsp3) is 0.143. The summed E-state index contributed by atoms with van der Waals surface area (Å²) in [6.07, 6.45) is 5.91. The minimum Gasteiger partial charge on any atom is -0.494 e. The number of rotatable bonds is 1. The van der Waals surface area contributed by atoms with E-state index in [1.165, 1.54) is 0 Å². The number of ether oxygens (including phenoxy) is 1. The van der Waals surface area contributed by atoms with Crippen LogP contribution in [-0.4, -0.2) is 27.0 Å². The molecule has 0 fully saturated rings. The highest BCUT2D eigenvalue weighted by atomic mass is 16.5. The molecule has 5 nitrogen and oxygen atoms in total. The summed E-state index contributed by atoms with van der Waals surface area (Å²) < 4.78 is 5.51. The van der Waals surface area contributed by atoms with E-state index in [2.05, 4.69) is 39.2 Å². The van der Waals surface area contributed by atoms with Gasteiger partial charge in [0.05, 0.1) is 24.0 Å². The van der Waals surface area contributed by atoms with E-state index < -0.39 is 0 Å². The minimum absolute atomic E-state index is 0.803. The highest BCUT2D eigenvalue weighted by Gasteiger charge is 2.07. The van der Waals surface area contributed by atoms with Gasteiger partial charge in [0.1, 0.15) is 5.75 Å². The summed E-state index contributed by atoms with van der Waals surface area (Å²) >= 11 is 0. The van der Waals surface area contributed by atoms with Gasteiger partial charge in [-0.15, -0.1) is 0 Å². The third-order valence-electron chi connectivity index (χ3n) is 4.63. The van der Waals surface area contributed by atoms with Gasteiger partial charge in [-0.3, -0.25) is 4.98 Å². The van der Waals surface area contributed by atoms with Crippen molar-refractivity contribution in [3.63, 3.8) is 0 Å². The van der Waals surface area contributed by atoms with Gasteiger partial charge >= 0.3 is 0 Å². The number of fused-ring (bicyclic) bond motifs is 8. The molecule has 8 bridgehead atoms. The lowest BCUT2D eigenvalue weighted by Gasteiger charge is -1.92. The molecular formula is C21H18N4O. The van der Waals surface area contributed by atoms with Gasteiger partial charge in [-0.2, -0.15) is 0 Å². The lowest BCUT2D eigenvalue weighted by atomic mass is 10.2. The third kappa shape index (κ3) is 2.77. The number of aryl methyl sites for hydroxylation is 2. The molecule has 0 amide bonds. The summed E-state index contributed by atoms with van der Waals surface area (Å²) in [5, 5.41) is 0. The van der Waals surface area contributed by atoms with Gasteiger partial charge in [0.25, 0.3) is 0 Å². The normalized spacial score (nSPS) is 13.1. The molecule has 0 unspecified atom stereocenters. The standard InChI is InChI=1S/C21H18N4O/c1-26-21-12-19-10-17-5-4-15(23-17)8-13-2-3-14(22-13)9-16-6-7-18(24-16)11-20(21)25-19/h2-3,6-12,22,25H,4-5H2,1H3. The Labute approximate surface area is 150 Å². The van der Waals surface area contributed by atoms with Gasteiger partial charge in [-0.05, 0) is 61.4 Å². The van der Waals surface area contributed by atoms with Crippen molar-refractivity contribution in [2.24, 2.45) is 0 Å². The first-order valence-electron chi connectivity index (χ1n) is 8.67. The zero-order valence-corrected chi connectivity index (χ0v) is 14.4. The summed E-state index contributed by atoms with van der Waals surface area (Å²) in [6.45, 7) is 0. The van der Waals surface area contributed by atoms with Crippen molar-refractivity contribution < 1.29 is 4.74 Å². The molecule has 0 aliphatic carbocycles. The Morgan fingerprint density at radius 3 is 2.23 bits per heavy atom. The molecule has 26 heavy (non-hydrogen) atoms. The summed E-state index contributed by atoms with van der Waals surface area (Å²) in [5.74, 6) is 0.803. The largest absolute Gasteiger partial charge is 0.494 e. The number of nitrogens with one attached hydrogen (secondary N) is 2. The van der Waals surface area contributed by atoms with Gasteiger partial charge < -0.3 is 14.7 Å². The predicted molar refractivity (Wildman–Crippen MR) is 104 cm³/mol. The van der Waals surface area contributed by atoms with E-state index in [9.17, 15) is 0 Å². The van der Waals surface area contributed by atoms with Crippen LogP contribution in [0.1, 0.15) is 22.8 Å². The van der Waals surface area contributed by atoms with Crippen LogP contribution in [0.5, 0.6) is 5.75 Å². The minimum atomic E-state index is 0.803. The first-order valence-corrected chi connectivity index (χ1v) is 8.67. The zero-order chi connectivity index (χ0) is 17.5. The highest BCUT2D eigenvalue weighted by Crippen LogP contribution is 2.23. The molecular weight excluding hydrogens is 324 g/mol. The Hall–Kier alpha value is -3.34. The lowest BCUT2D eigenvalue weighted by Crippen LogP contribution is -1.79. The molecule has 0 atom stereocenters. The van der Waals surface area contributed by atoms with E-state index in [4.69, 9.17) is 9.72 Å². The summed E-state index contributed by atoms with van der Waals surface area (Å²) in [5.41, 5.74) is 7.96. The SMILES string of the molecule is COc1cc2cc3nc(cc4ccc(cc5nc(cc1[nH]2)C=C5)[nH]4)CC3. The Balaban J connectivity index is 1.85. The van der Waals surface area contributed by atoms with Crippen LogP contribution in [0.3, 0.4) is 0 Å². The van der Waals surface area contributed by atoms with Gasteiger partial charge in [-0.25, -0.2) is 4.98 Å². The Morgan fingerprint density at radius 1 is 0.769 bits per heavy atom. The van der Waals surface area contributed by atoms with Crippen LogP contribution in [0.4, 0.5) is 0 Å². The number of aromatic amines is 2. The molecule has 5 heterocycles. The van der Waals surface area contributed by atoms with E-state index in [1.807, 2.05) is 30.4 Å². The third-order valence-corrected chi connectivity index (χ3v) is 4.63. The molecule has 2 aliphatic rings. The smallest absolute Gasteiger partial charge is 0.144 e. The molecule has 0 saturated carbocycles. The predicted octanol–water partition coefficient (Wildman–Crippen LogP) is 4.28. The Kier molecular flexibility index (Phi) is 3.38. The van der Waals surface area contributed by atoms with Gasteiger partial charge in [-0.1, -0.05) is 0 Å². The van der Waals surface area contributed by atoms with Crippen molar-refractivity contribution in [1.82, 2.24) is 19.9 Å². The molecule has 0 spiro atoms. The van der Waals surface area contributed by atoms with Crippen LogP contribution < -0.4 is 4.74 Å². The van der Waals surface area contributed by atoms with Crippen LogP contribution in [0.15, 0.2) is 42.5 Å². The fourth-order valence-corrected chi connectivity index (χ4v) is 3.41. The van der Waals surface area contributed by atoms with E-state index in [1.54, 1.807) is 7.11 Å². The van der Waals surface area contributed by atoms with Gasteiger partial charge in [0, 0.05) is 34.0 Å². The summed E-state index contributed by atoms with van der Waals surface area (Å²) in [4.78, 5) is 16.2. The molecule has 5 rings (SSSR count). The molecule has 128 valence electrons. The van der Waals surface area contributed by atoms with Crippen molar-refractivity contribution in [3.8, 4) is 5.75 Å². The van der Waals surface area contributed by atoms with E-state index in [0.717, 1.165) is 63.4 Å². The first-order chi connectivity index (χ1) is 12.7. The summed E-state index contributed by atoms with van der Waals surface area (Å²) in [6, 6.07) is 14.4. The molecule has 3 aromatic heterocycles. The second-order valence-electron chi connectivity index (χ2n) is 6.54. The van der Waals surface area contributed by atoms with Crippen molar-refractivity contribution in [2.75, 3.05) is 7.11 Å². The van der Waals surface area contributed by atoms with Crippen molar-refractivity contribution in [3.05, 3.63) is 65.2 Å². The lowest BCUT2D eigenvalue weighted by molar-refractivity contribution is 0.420. The molecule has 0 saturated heterocycles. The number of hydrogen-bond acceptors (Lipinski definition) is 3. The van der Waals surface area contributed by atoms with Crippen LogP contribution in [-0.2, 0) is 12.8 Å².